The molecule has 9 heteroatoms. The molecule has 2 heterocycles. The zero-order valence-corrected chi connectivity index (χ0v) is 23.0. The summed E-state index contributed by atoms with van der Waals surface area (Å²) >= 11 is 1.23. The summed E-state index contributed by atoms with van der Waals surface area (Å²) in [7, 11) is 0. The molecule has 2 bridgehead atoms. The van der Waals surface area contributed by atoms with Crippen LogP contribution in [-0.2, 0) is 20.7 Å². The number of fused-ring (bicyclic) bond motifs is 2. The molecule has 1 saturated carbocycles. The SMILES string of the molecule is CCOC(=O)c1cc(-c2ccc(C[C@@H](C#N)CC(=O)[C@@H]3[C@H]4CC[C@H](C4)N3C(=O)OC(C)(C)C)c(F)c2)cs1. The number of Topliss-reactive ketones (excluding diaryl/α,β-unsaturated/α-hetero) is 1. The first-order valence-corrected chi connectivity index (χ1v) is 13.9. The molecule has 0 radical (unpaired) electrons. The third-order valence-corrected chi connectivity index (χ3v) is 7.99. The smallest absolute Gasteiger partial charge is 0.411 e. The van der Waals surface area contributed by atoms with Crippen LogP contribution in [0.3, 0.4) is 0 Å². The molecule has 0 spiro atoms. The Labute approximate surface area is 226 Å². The minimum absolute atomic E-state index is 0.0178. The Kier molecular flexibility index (Phi) is 8.22. The lowest BCUT2D eigenvalue weighted by molar-refractivity contribution is -0.126. The summed E-state index contributed by atoms with van der Waals surface area (Å²) in [5, 5.41) is 11.6. The van der Waals surface area contributed by atoms with Crippen LogP contribution in [0.4, 0.5) is 9.18 Å². The average Bonchev–Trinajstić information content (AvgIpc) is 3.60. The van der Waals surface area contributed by atoms with Crippen molar-refractivity contribution in [1.82, 2.24) is 4.90 Å². The van der Waals surface area contributed by atoms with Gasteiger partial charge in [0.05, 0.1) is 24.6 Å². The van der Waals surface area contributed by atoms with Gasteiger partial charge in [0.15, 0.2) is 5.78 Å². The molecule has 0 N–H and O–H groups in total. The lowest BCUT2D eigenvalue weighted by Gasteiger charge is -2.35. The van der Waals surface area contributed by atoms with E-state index < -0.39 is 35.4 Å². The number of nitrogens with zero attached hydrogens (tertiary/aromatic N) is 2. The van der Waals surface area contributed by atoms with Gasteiger partial charge >= 0.3 is 12.1 Å². The molecule has 0 unspecified atom stereocenters. The van der Waals surface area contributed by atoms with Crippen molar-refractivity contribution in [3.05, 3.63) is 45.9 Å². The number of carbonyl (C=O) groups excluding carboxylic acids is 3. The van der Waals surface area contributed by atoms with Gasteiger partial charge in [0, 0.05) is 12.5 Å². The number of hydrogen-bond donors (Lipinski definition) is 0. The van der Waals surface area contributed by atoms with E-state index >= 15 is 4.39 Å². The molecule has 1 amide bonds. The van der Waals surface area contributed by atoms with Gasteiger partial charge in [0.25, 0.3) is 0 Å². The number of ketones is 1. The van der Waals surface area contributed by atoms with E-state index in [1.165, 1.54) is 17.4 Å². The number of halogens is 1. The van der Waals surface area contributed by atoms with Gasteiger partial charge in [-0.3, -0.25) is 9.69 Å². The van der Waals surface area contributed by atoms with Gasteiger partial charge in [-0.1, -0.05) is 12.1 Å². The molecular formula is C29H33FN2O5S. The highest BCUT2D eigenvalue weighted by atomic mass is 32.1. The maximum Gasteiger partial charge on any atom is 0.411 e. The quantitative estimate of drug-likeness (QED) is 0.372. The summed E-state index contributed by atoms with van der Waals surface area (Å²) in [4.78, 5) is 40.2. The van der Waals surface area contributed by atoms with Crippen molar-refractivity contribution in [1.29, 1.82) is 5.26 Å². The van der Waals surface area contributed by atoms with Gasteiger partial charge in [-0.05, 0) is 93.5 Å². The van der Waals surface area contributed by atoms with Crippen molar-refractivity contribution in [3.8, 4) is 17.2 Å². The highest BCUT2D eigenvalue weighted by Gasteiger charge is 2.52. The Balaban J connectivity index is 1.44. The van der Waals surface area contributed by atoms with E-state index in [0.29, 0.717) is 21.6 Å². The fraction of sp³-hybridized carbons (Fsp3) is 0.517. The van der Waals surface area contributed by atoms with E-state index in [1.807, 2.05) is 0 Å². The van der Waals surface area contributed by atoms with Crippen molar-refractivity contribution in [3.63, 3.8) is 0 Å². The maximum absolute atomic E-state index is 15.1. The fourth-order valence-corrected chi connectivity index (χ4v) is 6.27. The monoisotopic (exact) mass is 540 g/mol. The highest BCUT2D eigenvalue weighted by Crippen LogP contribution is 2.44. The van der Waals surface area contributed by atoms with Crippen LogP contribution in [0.15, 0.2) is 29.6 Å². The normalized spacial score (nSPS) is 21.2. The maximum atomic E-state index is 15.1. The second kappa shape index (κ2) is 11.2. The number of carbonyl (C=O) groups is 3. The Bertz CT molecular complexity index is 1260. The number of likely N-dealkylation sites (tertiary alicyclic amines) is 1. The van der Waals surface area contributed by atoms with Gasteiger partial charge in [0.2, 0.25) is 0 Å². The number of nitriles is 1. The summed E-state index contributed by atoms with van der Waals surface area (Å²) < 4.78 is 25.6. The third-order valence-electron chi connectivity index (χ3n) is 7.08. The van der Waals surface area contributed by atoms with E-state index in [9.17, 15) is 19.6 Å². The number of ether oxygens (including phenoxy) is 2. The topological polar surface area (TPSA) is 96.7 Å². The van der Waals surface area contributed by atoms with Gasteiger partial charge in [-0.2, -0.15) is 5.26 Å². The number of thiophene rings is 1. The van der Waals surface area contributed by atoms with E-state index in [-0.39, 0.29) is 37.2 Å². The first kappa shape index (κ1) is 27.8. The molecule has 1 aliphatic carbocycles. The molecule has 38 heavy (non-hydrogen) atoms. The molecule has 2 aromatic rings. The molecule has 1 aromatic heterocycles. The largest absolute Gasteiger partial charge is 0.462 e. The molecule has 1 aromatic carbocycles. The van der Waals surface area contributed by atoms with Crippen LogP contribution in [0.1, 0.15) is 68.6 Å². The Morgan fingerprint density at radius 2 is 1.97 bits per heavy atom. The minimum Gasteiger partial charge on any atom is -0.462 e. The first-order valence-electron chi connectivity index (χ1n) is 13.0. The molecule has 202 valence electrons. The molecular weight excluding hydrogens is 507 g/mol. The Morgan fingerprint density at radius 3 is 2.63 bits per heavy atom. The summed E-state index contributed by atoms with van der Waals surface area (Å²) in [6.45, 7) is 7.38. The average molecular weight is 541 g/mol. The lowest BCUT2D eigenvalue weighted by atomic mass is 9.87. The minimum atomic E-state index is -0.723. The fourth-order valence-electron chi connectivity index (χ4n) is 5.46. The molecule has 7 nitrogen and oxygen atoms in total. The standard InChI is InChI=1S/C29H33FN2O5S/c1-5-36-27(34)25-14-21(16-38-25)18-6-7-19(23(30)13-18)10-17(15-31)11-24(33)26-20-8-9-22(12-20)32(26)28(35)37-29(2,3)4/h6-7,13-14,16-17,20,22,26H,5,8-12H2,1-4H3/t17-,20+,22-,26+/m1/s1. The number of piperidine rings is 1. The van der Waals surface area contributed by atoms with Crippen LogP contribution in [0.25, 0.3) is 11.1 Å². The molecule has 1 saturated heterocycles. The van der Waals surface area contributed by atoms with Gasteiger partial charge in [-0.15, -0.1) is 11.3 Å². The molecule has 2 aliphatic rings. The molecule has 2 fully saturated rings. The number of esters is 1. The summed E-state index contributed by atoms with van der Waals surface area (Å²) in [6.07, 6.45) is 2.02. The lowest BCUT2D eigenvalue weighted by Crippen LogP contribution is -2.51. The zero-order valence-electron chi connectivity index (χ0n) is 22.2. The van der Waals surface area contributed by atoms with Gasteiger partial charge in [-0.25, -0.2) is 14.0 Å². The number of benzene rings is 1. The highest BCUT2D eigenvalue weighted by molar-refractivity contribution is 7.12. The van der Waals surface area contributed by atoms with Crippen molar-refractivity contribution in [2.45, 2.75) is 77.5 Å². The third kappa shape index (κ3) is 6.07. The number of hydrogen-bond acceptors (Lipinski definition) is 7. The van der Waals surface area contributed by atoms with E-state index in [4.69, 9.17) is 9.47 Å². The Hall–Kier alpha value is -3.25. The summed E-state index contributed by atoms with van der Waals surface area (Å²) in [6, 6.07) is 7.95. The second-order valence-corrected chi connectivity index (χ2v) is 11.9. The van der Waals surface area contributed by atoms with Crippen LogP contribution < -0.4 is 0 Å². The van der Waals surface area contributed by atoms with Crippen LogP contribution in [0, 0.1) is 29.0 Å². The van der Waals surface area contributed by atoms with Crippen molar-refractivity contribution >= 4 is 29.2 Å². The molecule has 4 rings (SSSR count). The van der Waals surface area contributed by atoms with E-state index in [0.717, 1.165) is 19.3 Å². The van der Waals surface area contributed by atoms with Crippen LogP contribution in [-0.4, -0.2) is 47.0 Å². The summed E-state index contributed by atoms with van der Waals surface area (Å²) in [5.41, 5.74) is 0.979. The predicted molar refractivity (Wildman–Crippen MR) is 141 cm³/mol. The van der Waals surface area contributed by atoms with Crippen LogP contribution in [0.5, 0.6) is 0 Å². The summed E-state index contributed by atoms with van der Waals surface area (Å²) in [5.74, 6) is -1.71. The first-order chi connectivity index (χ1) is 18.0. The molecule has 1 aliphatic heterocycles. The number of rotatable bonds is 8. The van der Waals surface area contributed by atoms with E-state index in [2.05, 4.69) is 6.07 Å². The van der Waals surface area contributed by atoms with Crippen molar-refractivity contribution in [2.24, 2.45) is 11.8 Å². The Morgan fingerprint density at radius 1 is 1.21 bits per heavy atom. The van der Waals surface area contributed by atoms with E-state index in [1.54, 1.807) is 56.2 Å². The predicted octanol–water partition coefficient (Wildman–Crippen LogP) is 6.16. The van der Waals surface area contributed by atoms with Gasteiger partial charge in [0.1, 0.15) is 16.3 Å². The van der Waals surface area contributed by atoms with Crippen LogP contribution >= 0.6 is 11.3 Å². The van der Waals surface area contributed by atoms with Gasteiger partial charge < -0.3 is 9.47 Å². The second-order valence-electron chi connectivity index (χ2n) is 11.0. The zero-order chi connectivity index (χ0) is 27.6. The van der Waals surface area contributed by atoms with Crippen LogP contribution in [0.2, 0.25) is 0 Å². The number of amides is 1. The van der Waals surface area contributed by atoms with Crippen molar-refractivity contribution < 1.29 is 28.2 Å². The molecule has 4 atom stereocenters. The van der Waals surface area contributed by atoms with Crippen molar-refractivity contribution in [2.75, 3.05) is 6.61 Å².